The summed E-state index contributed by atoms with van der Waals surface area (Å²) in [5, 5.41) is 1.90. The SMILES string of the molecule is NOCCS(=O)c1cccs1. The van der Waals surface area contributed by atoms with Crippen LogP contribution in [0.2, 0.25) is 0 Å². The van der Waals surface area contributed by atoms with Gasteiger partial charge >= 0.3 is 0 Å². The molecule has 1 rings (SSSR count). The van der Waals surface area contributed by atoms with Gasteiger partial charge in [-0.1, -0.05) is 6.07 Å². The first kappa shape index (κ1) is 8.86. The van der Waals surface area contributed by atoms with Gasteiger partial charge in [0.15, 0.2) is 0 Å². The van der Waals surface area contributed by atoms with Gasteiger partial charge in [0.2, 0.25) is 0 Å². The van der Waals surface area contributed by atoms with Crippen LogP contribution < -0.4 is 5.90 Å². The van der Waals surface area contributed by atoms with Crippen molar-refractivity contribution in [2.24, 2.45) is 5.90 Å². The number of nitrogens with two attached hydrogens (primary N) is 1. The van der Waals surface area contributed by atoms with Crippen LogP contribution in [0.3, 0.4) is 0 Å². The van der Waals surface area contributed by atoms with Crippen LogP contribution in [0.4, 0.5) is 0 Å². The second-order valence-corrected chi connectivity index (χ2v) is 4.60. The molecule has 0 spiro atoms. The van der Waals surface area contributed by atoms with Crippen molar-refractivity contribution in [3.8, 4) is 0 Å². The van der Waals surface area contributed by atoms with E-state index in [1.54, 1.807) is 0 Å². The van der Waals surface area contributed by atoms with E-state index >= 15 is 0 Å². The Morgan fingerprint density at radius 2 is 2.55 bits per heavy atom. The van der Waals surface area contributed by atoms with E-state index in [2.05, 4.69) is 4.84 Å². The first-order valence-electron chi connectivity index (χ1n) is 3.08. The van der Waals surface area contributed by atoms with Crippen molar-refractivity contribution >= 4 is 22.1 Å². The standard InChI is InChI=1S/C6H9NO2S2/c7-9-3-5-11(8)6-2-1-4-10-6/h1-2,4H,3,5,7H2. The average molecular weight is 191 g/mol. The van der Waals surface area contributed by atoms with E-state index in [1.165, 1.54) is 11.3 Å². The van der Waals surface area contributed by atoms with E-state index in [9.17, 15) is 4.21 Å². The van der Waals surface area contributed by atoms with Crippen molar-refractivity contribution in [3.05, 3.63) is 17.5 Å². The predicted molar refractivity (Wildman–Crippen MR) is 45.7 cm³/mol. The topological polar surface area (TPSA) is 52.3 Å². The Balaban J connectivity index is 2.43. The van der Waals surface area contributed by atoms with Crippen LogP contribution in [0.15, 0.2) is 21.7 Å². The molecule has 5 heteroatoms. The molecular weight excluding hydrogens is 182 g/mol. The lowest BCUT2D eigenvalue weighted by Gasteiger charge is -1.95. The van der Waals surface area contributed by atoms with E-state index in [1.807, 2.05) is 17.5 Å². The van der Waals surface area contributed by atoms with E-state index in [0.717, 1.165) is 4.21 Å². The first-order valence-corrected chi connectivity index (χ1v) is 5.28. The van der Waals surface area contributed by atoms with Crippen LogP contribution in [-0.4, -0.2) is 16.6 Å². The average Bonchev–Trinajstić information content (AvgIpc) is 2.52. The fourth-order valence-corrected chi connectivity index (χ4v) is 2.59. The highest BCUT2D eigenvalue weighted by atomic mass is 32.2. The van der Waals surface area contributed by atoms with Crippen LogP contribution in [0.25, 0.3) is 0 Å². The quantitative estimate of drug-likeness (QED) is 0.714. The van der Waals surface area contributed by atoms with Gasteiger partial charge in [-0.25, -0.2) is 5.90 Å². The van der Waals surface area contributed by atoms with Gasteiger partial charge < -0.3 is 4.84 Å². The van der Waals surface area contributed by atoms with Crippen molar-refractivity contribution in [2.45, 2.75) is 4.21 Å². The Morgan fingerprint density at radius 3 is 3.09 bits per heavy atom. The summed E-state index contributed by atoms with van der Waals surface area (Å²) in [4.78, 5) is 4.32. The summed E-state index contributed by atoms with van der Waals surface area (Å²) in [7, 11) is -0.939. The van der Waals surface area contributed by atoms with Crippen LogP contribution in [0, 0.1) is 0 Å². The third-order valence-electron chi connectivity index (χ3n) is 1.11. The highest BCUT2D eigenvalue weighted by molar-refractivity contribution is 7.87. The van der Waals surface area contributed by atoms with Crippen molar-refractivity contribution < 1.29 is 9.05 Å². The van der Waals surface area contributed by atoms with E-state index in [0.29, 0.717) is 12.4 Å². The van der Waals surface area contributed by atoms with Gasteiger partial charge in [-0.3, -0.25) is 4.21 Å². The molecule has 0 aromatic carbocycles. The molecule has 0 aliphatic heterocycles. The zero-order valence-electron chi connectivity index (χ0n) is 5.86. The molecule has 3 nitrogen and oxygen atoms in total. The monoisotopic (exact) mass is 191 g/mol. The smallest absolute Gasteiger partial charge is 0.0911 e. The Hall–Kier alpha value is -0.230. The lowest BCUT2D eigenvalue weighted by Crippen LogP contribution is -2.08. The normalized spacial score (nSPS) is 13.2. The molecule has 62 valence electrons. The Morgan fingerprint density at radius 1 is 1.73 bits per heavy atom. The fourth-order valence-electron chi connectivity index (χ4n) is 0.617. The molecule has 0 amide bonds. The number of hydrogen-bond donors (Lipinski definition) is 1. The summed E-state index contributed by atoms with van der Waals surface area (Å²) in [6.45, 7) is 0.338. The highest BCUT2D eigenvalue weighted by Crippen LogP contribution is 2.13. The van der Waals surface area contributed by atoms with Gasteiger partial charge in [0.1, 0.15) is 0 Å². The lowest BCUT2D eigenvalue weighted by molar-refractivity contribution is 0.154. The van der Waals surface area contributed by atoms with Crippen molar-refractivity contribution in [1.29, 1.82) is 0 Å². The predicted octanol–water partition coefficient (Wildman–Crippen LogP) is 0.746. The second kappa shape index (κ2) is 4.61. The zero-order valence-corrected chi connectivity index (χ0v) is 7.49. The molecule has 0 aliphatic carbocycles. The molecule has 0 saturated carbocycles. The van der Waals surface area contributed by atoms with Gasteiger partial charge in [0, 0.05) is 0 Å². The summed E-state index contributed by atoms with van der Waals surface area (Å²) in [6.07, 6.45) is 0. The fraction of sp³-hybridized carbons (Fsp3) is 0.333. The summed E-state index contributed by atoms with van der Waals surface area (Å²) >= 11 is 1.48. The van der Waals surface area contributed by atoms with Crippen LogP contribution in [-0.2, 0) is 15.6 Å². The number of hydrogen-bond acceptors (Lipinski definition) is 4. The van der Waals surface area contributed by atoms with Crippen LogP contribution in [0.1, 0.15) is 0 Å². The van der Waals surface area contributed by atoms with E-state index in [4.69, 9.17) is 5.90 Å². The Labute approximate surface area is 71.6 Å². The van der Waals surface area contributed by atoms with Crippen molar-refractivity contribution in [2.75, 3.05) is 12.4 Å². The molecule has 1 unspecified atom stereocenters. The van der Waals surface area contributed by atoms with Crippen molar-refractivity contribution in [3.63, 3.8) is 0 Å². The molecule has 1 aromatic rings. The molecule has 1 atom stereocenters. The zero-order chi connectivity index (χ0) is 8.10. The molecule has 0 bridgehead atoms. The van der Waals surface area contributed by atoms with Gasteiger partial charge in [-0.15, -0.1) is 11.3 Å². The summed E-state index contributed by atoms with van der Waals surface area (Å²) in [6, 6.07) is 3.72. The molecule has 11 heavy (non-hydrogen) atoms. The largest absolute Gasteiger partial charge is 0.304 e. The Bertz CT molecular complexity index is 222. The molecule has 1 aromatic heterocycles. The van der Waals surface area contributed by atoms with Gasteiger partial charge in [0.25, 0.3) is 0 Å². The third kappa shape index (κ3) is 2.70. The molecule has 1 heterocycles. The number of rotatable bonds is 4. The first-order chi connectivity index (χ1) is 5.34. The minimum atomic E-state index is -0.939. The maximum absolute atomic E-state index is 11.3. The Kier molecular flexibility index (Phi) is 3.71. The molecule has 0 aliphatic rings. The van der Waals surface area contributed by atoms with Crippen LogP contribution >= 0.6 is 11.3 Å². The minimum absolute atomic E-state index is 0.338. The summed E-state index contributed by atoms with van der Waals surface area (Å²) in [5.41, 5.74) is 0. The molecular formula is C6H9NO2S2. The second-order valence-electron chi connectivity index (χ2n) is 1.85. The highest BCUT2D eigenvalue weighted by Gasteiger charge is 2.02. The van der Waals surface area contributed by atoms with Crippen molar-refractivity contribution in [1.82, 2.24) is 0 Å². The van der Waals surface area contributed by atoms with Gasteiger partial charge in [0.05, 0.1) is 27.4 Å². The van der Waals surface area contributed by atoms with E-state index < -0.39 is 10.8 Å². The van der Waals surface area contributed by atoms with E-state index in [-0.39, 0.29) is 0 Å². The third-order valence-corrected chi connectivity index (χ3v) is 3.74. The van der Waals surface area contributed by atoms with Gasteiger partial charge in [-0.05, 0) is 11.4 Å². The molecule has 0 saturated heterocycles. The maximum Gasteiger partial charge on any atom is 0.0911 e. The maximum atomic E-state index is 11.3. The summed E-state index contributed by atoms with van der Waals surface area (Å²) < 4.78 is 12.1. The molecule has 2 N–H and O–H groups in total. The molecule has 0 radical (unpaired) electrons. The van der Waals surface area contributed by atoms with Gasteiger partial charge in [-0.2, -0.15) is 0 Å². The number of thiophene rings is 1. The lowest BCUT2D eigenvalue weighted by atomic mass is 10.7. The molecule has 0 fully saturated rings. The minimum Gasteiger partial charge on any atom is -0.304 e. The summed E-state index contributed by atoms with van der Waals surface area (Å²) in [5.74, 6) is 5.27. The van der Waals surface area contributed by atoms with Crippen LogP contribution in [0.5, 0.6) is 0 Å².